The van der Waals surface area contributed by atoms with Crippen LogP contribution in [0.3, 0.4) is 0 Å². The van der Waals surface area contributed by atoms with Gasteiger partial charge in [0.1, 0.15) is 11.5 Å². The monoisotopic (exact) mass is 365 g/mol. The van der Waals surface area contributed by atoms with Gasteiger partial charge < -0.3 is 16.0 Å². The number of amides is 2. The Kier molecular flexibility index (Phi) is 5.36. The van der Waals surface area contributed by atoms with E-state index in [9.17, 15) is 14.0 Å². The number of halogens is 1. The molecule has 1 aromatic heterocycles. The summed E-state index contributed by atoms with van der Waals surface area (Å²) in [6.07, 6.45) is 1.40. The van der Waals surface area contributed by atoms with Crippen LogP contribution >= 0.6 is 0 Å². The number of para-hydroxylation sites is 1. The van der Waals surface area contributed by atoms with E-state index >= 15 is 0 Å². The van der Waals surface area contributed by atoms with E-state index in [4.69, 9.17) is 0 Å². The maximum absolute atomic E-state index is 13.7. The molecule has 8 heteroatoms. The van der Waals surface area contributed by atoms with Crippen molar-refractivity contribution in [3.05, 3.63) is 72.3 Å². The lowest BCUT2D eigenvalue weighted by atomic mass is 10.2. The first kappa shape index (κ1) is 18.0. The van der Waals surface area contributed by atoms with Gasteiger partial charge in [-0.3, -0.25) is 9.59 Å². The molecule has 3 rings (SSSR count). The van der Waals surface area contributed by atoms with E-state index in [1.165, 1.54) is 25.3 Å². The largest absolute Gasteiger partial charge is 0.326 e. The Balaban J connectivity index is 1.74. The van der Waals surface area contributed by atoms with Crippen LogP contribution in [0.4, 0.5) is 27.4 Å². The van der Waals surface area contributed by atoms with E-state index in [1.54, 1.807) is 42.5 Å². The summed E-state index contributed by atoms with van der Waals surface area (Å²) in [7, 11) is 0. The zero-order valence-corrected chi connectivity index (χ0v) is 14.4. The highest BCUT2D eigenvalue weighted by molar-refractivity contribution is 6.03. The fourth-order valence-electron chi connectivity index (χ4n) is 2.30. The second-order valence-electron chi connectivity index (χ2n) is 5.59. The minimum absolute atomic E-state index is 0.0970. The molecule has 0 spiro atoms. The number of rotatable bonds is 5. The Morgan fingerprint density at radius 2 is 1.70 bits per heavy atom. The van der Waals surface area contributed by atoms with Crippen molar-refractivity contribution in [1.82, 2.24) is 9.97 Å². The molecule has 0 unspecified atom stereocenters. The van der Waals surface area contributed by atoms with E-state index < -0.39 is 11.7 Å². The molecule has 2 aromatic carbocycles. The van der Waals surface area contributed by atoms with Gasteiger partial charge in [-0.1, -0.05) is 18.2 Å². The van der Waals surface area contributed by atoms with Gasteiger partial charge in [-0.2, -0.15) is 0 Å². The fourth-order valence-corrected chi connectivity index (χ4v) is 2.30. The number of nitrogens with one attached hydrogen (secondary N) is 3. The smallest absolute Gasteiger partial charge is 0.274 e. The number of hydrogen-bond donors (Lipinski definition) is 3. The average Bonchev–Trinajstić information content (AvgIpc) is 2.64. The molecule has 0 aliphatic heterocycles. The second kappa shape index (κ2) is 8.05. The van der Waals surface area contributed by atoms with Crippen LogP contribution in [-0.4, -0.2) is 21.8 Å². The van der Waals surface area contributed by atoms with Gasteiger partial charge in [0.05, 0.1) is 5.69 Å². The van der Waals surface area contributed by atoms with Gasteiger partial charge in [0.2, 0.25) is 11.9 Å². The summed E-state index contributed by atoms with van der Waals surface area (Å²) in [5.74, 6) is -1.03. The molecule has 0 saturated heterocycles. The molecule has 7 nitrogen and oxygen atoms in total. The zero-order chi connectivity index (χ0) is 19.2. The highest BCUT2D eigenvalue weighted by Crippen LogP contribution is 2.18. The standard InChI is InChI=1S/C19H16FN5O2/c1-12(26)22-13-5-4-6-14(11-13)23-18(27)17-9-10-21-19(25-17)24-16-8-3-2-7-15(16)20/h2-11H,1H3,(H,22,26)(H,23,27)(H,21,24,25). The van der Waals surface area contributed by atoms with E-state index in [2.05, 4.69) is 25.9 Å². The lowest BCUT2D eigenvalue weighted by Crippen LogP contribution is -2.15. The number of aromatic nitrogens is 2. The van der Waals surface area contributed by atoms with Crippen LogP contribution in [0.1, 0.15) is 17.4 Å². The summed E-state index contributed by atoms with van der Waals surface area (Å²) < 4.78 is 13.7. The van der Waals surface area contributed by atoms with Gasteiger partial charge in [0.15, 0.2) is 0 Å². The van der Waals surface area contributed by atoms with Crippen molar-refractivity contribution in [2.45, 2.75) is 6.92 Å². The van der Waals surface area contributed by atoms with Gasteiger partial charge in [-0.25, -0.2) is 14.4 Å². The third kappa shape index (κ3) is 4.85. The summed E-state index contributed by atoms with van der Waals surface area (Å²) in [6.45, 7) is 1.40. The number of carbonyl (C=O) groups is 2. The van der Waals surface area contributed by atoms with Crippen molar-refractivity contribution >= 4 is 34.8 Å². The molecule has 0 aliphatic rings. The lowest BCUT2D eigenvalue weighted by molar-refractivity contribution is -0.114. The van der Waals surface area contributed by atoms with Crippen LogP contribution in [0.5, 0.6) is 0 Å². The third-order valence-electron chi connectivity index (χ3n) is 3.45. The Labute approximate surface area is 154 Å². The first-order valence-electron chi connectivity index (χ1n) is 8.05. The molecular weight excluding hydrogens is 349 g/mol. The van der Waals surface area contributed by atoms with Crippen molar-refractivity contribution in [2.24, 2.45) is 0 Å². The minimum atomic E-state index is -0.464. The molecule has 0 fully saturated rings. The second-order valence-corrected chi connectivity index (χ2v) is 5.59. The molecule has 0 aliphatic carbocycles. The molecule has 3 N–H and O–H groups in total. The summed E-state index contributed by atoms with van der Waals surface area (Å²) in [5, 5.41) is 8.07. The molecule has 136 valence electrons. The van der Waals surface area contributed by atoms with E-state index in [0.29, 0.717) is 11.4 Å². The number of carbonyl (C=O) groups excluding carboxylic acids is 2. The van der Waals surface area contributed by atoms with Crippen LogP contribution in [0.2, 0.25) is 0 Å². The summed E-state index contributed by atoms with van der Waals surface area (Å²) in [6, 6.07) is 14.2. The van der Waals surface area contributed by atoms with Crippen molar-refractivity contribution < 1.29 is 14.0 Å². The van der Waals surface area contributed by atoms with Gasteiger partial charge in [-0.05, 0) is 36.4 Å². The summed E-state index contributed by atoms with van der Waals surface area (Å²) in [4.78, 5) is 31.7. The van der Waals surface area contributed by atoms with Crippen molar-refractivity contribution in [3.8, 4) is 0 Å². The molecule has 0 saturated carbocycles. The molecule has 0 atom stereocenters. The zero-order valence-electron chi connectivity index (χ0n) is 14.4. The van der Waals surface area contributed by atoms with E-state index in [1.807, 2.05) is 0 Å². The lowest BCUT2D eigenvalue weighted by Gasteiger charge is -2.09. The highest BCUT2D eigenvalue weighted by Gasteiger charge is 2.11. The van der Waals surface area contributed by atoms with Crippen LogP contribution in [0, 0.1) is 5.82 Å². The Bertz CT molecular complexity index is 993. The maximum Gasteiger partial charge on any atom is 0.274 e. The first-order chi connectivity index (χ1) is 13.0. The summed E-state index contributed by atoms with van der Waals surface area (Å²) >= 11 is 0. The normalized spacial score (nSPS) is 10.1. The Hall–Kier alpha value is -3.81. The van der Waals surface area contributed by atoms with Crippen LogP contribution in [0.15, 0.2) is 60.8 Å². The Morgan fingerprint density at radius 3 is 2.44 bits per heavy atom. The number of nitrogens with zero attached hydrogens (tertiary/aromatic N) is 2. The third-order valence-corrected chi connectivity index (χ3v) is 3.45. The first-order valence-corrected chi connectivity index (χ1v) is 8.05. The number of hydrogen-bond acceptors (Lipinski definition) is 5. The average molecular weight is 365 g/mol. The topological polar surface area (TPSA) is 96.0 Å². The molecule has 1 heterocycles. The van der Waals surface area contributed by atoms with E-state index in [0.717, 1.165) is 0 Å². The van der Waals surface area contributed by atoms with Gasteiger partial charge in [0.25, 0.3) is 5.91 Å². The molecule has 2 amide bonds. The number of benzene rings is 2. The van der Waals surface area contributed by atoms with Crippen LogP contribution < -0.4 is 16.0 Å². The summed E-state index contributed by atoms with van der Waals surface area (Å²) in [5.41, 5.74) is 1.37. The molecule has 27 heavy (non-hydrogen) atoms. The quantitative estimate of drug-likeness (QED) is 0.642. The van der Waals surface area contributed by atoms with Gasteiger partial charge >= 0.3 is 0 Å². The molecule has 0 bridgehead atoms. The maximum atomic E-state index is 13.7. The highest BCUT2D eigenvalue weighted by atomic mass is 19.1. The number of anilines is 4. The predicted octanol–water partition coefficient (Wildman–Crippen LogP) is 3.57. The molecular formula is C19H16FN5O2. The minimum Gasteiger partial charge on any atom is -0.326 e. The Morgan fingerprint density at radius 1 is 0.963 bits per heavy atom. The van der Waals surface area contributed by atoms with Crippen molar-refractivity contribution in [2.75, 3.05) is 16.0 Å². The van der Waals surface area contributed by atoms with E-state index in [-0.39, 0.29) is 23.2 Å². The van der Waals surface area contributed by atoms with Gasteiger partial charge in [0, 0.05) is 24.5 Å². The van der Waals surface area contributed by atoms with Gasteiger partial charge in [-0.15, -0.1) is 0 Å². The predicted molar refractivity (Wildman–Crippen MR) is 100 cm³/mol. The van der Waals surface area contributed by atoms with Crippen molar-refractivity contribution in [1.29, 1.82) is 0 Å². The SMILES string of the molecule is CC(=O)Nc1cccc(NC(=O)c2ccnc(Nc3ccccc3F)n2)c1. The van der Waals surface area contributed by atoms with Crippen molar-refractivity contribution in [3.63, 3.8) is 0 Å². The molecule has 0 radical (unpaired) electrons. The van der Waals surface area contributed by atoms with Crippen LogP contribution in [0.25, 0.3) is 0 Å². The van der Waals surface area contributed by atoms with Crippen LogP contribution in [-0.2, 0) is 4.79 Å². The fraction of sp³-hybridized carbons (Fsp3) is 0.0526. The molecule has 3 aromatic rings.